The van der Waals surface area contributed by atoms with Crippen LogP contribution >= 0.6 is 0 Å². The van der Waals surface area contributed by atoms with E-state index in [0.29, 0.717) is 23.2 Å². The molecule has 1 saturated carbocycles. The summed E-state index contributed by atoms with van der Waals surface area (Å²) >= 11 is 0. The predicted molar refractivity (Wildman–Crippen MR) is 116 cm³/mol. The molecule has 5 nitrogen and oxygen atoms in total. The molecule has 2 aliphatic heterocycles. The van der Waals surface area contributed by atoms with Gasteiger partial charge in [0.1, 0.15) is 11.6 Å². The lowest BCUT2D eigenvalue weighted by Gasteiger charge is -2.36. The van der Waals surface area contributed by atoms with Gasteiger partial charge in [-0.05, 0) is 80.6 Å². The molecular formula is C24H29F3N4O. The number of rotatable bonds is 6. The highest BCUT2D eigenvalue weighted by Gasteiger charge is 2.54. The summed E-state index contributed by atoms with van der Waals surface area (Å²) in [6.07, 6.45) is 6.11. The Morgan fingerprint density at radius 3 is 2.56 bits per heavy atom. The van der Waals surface area contributed by atoms with Gasteiger partial charge in [-0.2, -0.15) is 0 Å². The van der Waals surface area contributed by atoms with Gasteiger partial charge in [0.05, 0.1) is 5.69 Å². The first-order valence-corrected chi connectivity index (χ1v) is 11.5. The van der Waals surface area contributed by atoms with E-state index >= 15 is 0 Å². The largest absolute Gasteiger partial charge is 0.381 e. The zero-order chi connectivity index (χ0) is 22.1. The molecule has 0 unspecified atom stereocenters. The van der Waals surface area contributed by atoms with Crippen LogP contribution < -0.4 is 5.32 Å². The van der Waals surface area contributed by atoms with Gasteiger partial charge in [-0.1, -0.05) is 0 Å². The minimum Gasteiger partial charge on any atom is -0.381 e. The van der Waals surface area contributed by atoms with E-state index in [1.807, 2.05) is 0 Å². The van der Waals surface area contributed by atoms with Gasteiger partial charge in [0, 0.05) is 37.9 Å². The van der Waals surface area contributed by atoms with E-state index in [9.17, 15) is 13.2 Å². The topological polar surface area (TPSA) is 50.3 Å². The third-order valence-corrected chi connectivity index (χ3v) is 7.53. The molecule has 2 aromatic rings. The van der Waals surface area contributed by atoms with Crippen molar-refractivity contribution in [1.29, 1.82) is 0 Å². The number of hydrogen-bond acceptors (Lipinski definition) is 5. The minimum atomic E-state index is -1.23. The van der Waals surface area contributed by atoms with Crippen LogP contribution in [-0.2, 0) is 4.74 Å². The van der Waals surface area contributed by atoms with Gasteiger partial charge in [-0.25, -0.2) is 13.2 Å². The number of nitrogens with one attached hydrogen (secondary N) is 1. The number of aromatic nitrogens is 2. The summed E-state index contributed by atoms with van der Waals surface area (Å²) in [7, 11) is 0. The molecule has 8 heteroatoms. The highest BCUT2D eigenvalue weighted by Crippen LogP contribution is 2.59. The summed E-state index contributed by atoms with van der Waals surface area (Å²) in [5.74, 6) is -1.20. The third-order valence-electron chi connectivity index (χ3n) is 7.53. The molecule has 1 aliphatic carbocycles. The predicted octanol–water partition coefficient (Wildman–Crippen LogP) is 4.50. The Morgan fingerprint density at radius 1 is 1.06 bits per heavy atom. The number of anilines is 1. The highest BCUT2D eigenvalue weighted by atomic mass is 19.2. The summed E-state index contributed by atoms with van der Waals surface area (Å²) in [5.41, 5.74) is 0.329. The number of benzene rings is 1. The van der Waals surface area contributed by atoms with E-state index in [0.717, 1.165) is 31.7 Å². The molecule has 172 valence electrons. The van der Waals surface area contributed by atoms with Gasteiger partial charge in [0.2, 0.25) is 0 Å². The summed E-state index contributed by atoms with van der Waals surface area (Å²) in [4.78, 5) is 2.63. The number of ether oxygens (including phenoxy) is 1. The number of hydrogen-bond donors (Lipinski definition) is 1. The van der Waals surface area contributed by atoms with Crippen LogP contribution in [0.3, 0.4) is 0 Å². The molecule has 3 fully saturated rings. The van der Waals surface area contributed by atoms with Crippen LogP contribution in [0.1, 0.15) is 32.1 Å². The molecule has 0 radical (unpaired) electrons. The molecule has 1 spiro atoms. The number of piperidine rings is 1. The maximum atomic E-state index is 14.0. The second-order valence-electron chi connectivity index (χ2n) is 9.55. The minimum absolute atomic E-state index is 0.103. The highest BCUT2D eigenvalue weighted by molar-refractivity contribution is 5.60. The fraction of sp³-hybridized carbons (Fsp3) is 0.583. The molecule has 2 saturated heterocycles. The molecule has 1 atom stereocenters. The van der Waals surface area contributed by atoms with Crippen molar-refractivity contribution in [3.8, 4) is 11.3 Å². The van der Waals surface area contributed by atoms with E-state index in [-0.39, 0.29) is 11.3 Å². The summed E-state index contributed by atoms with van der Waals surface area (Å²) in [6, 6.07) is 4.65. The second kappa shape index (κ2) is 8.98. The Labute approximate surface area is 186 Å². The van der Waals surface area contributed by atoms with Crippen molar-refractivity contribution in [3.05, 3.63) is 41.7 Å². The summed E-state index contributed by atoms with van der Waals surface area (Å²) in [6.45, 7) is 6.22. The van der Waals surface area contributed by atoms with Gasteiger partial charge in [-0.3, -0.25) is 0 Å². The Balaban J connectivity index is 1.10. The number of likely N-dealkylation sites (tertiary alicyclic amines) is 1. The molecule has 3 aliphatic rings. The van der Waals surface area contributed by atoms with Crippen LogP contribution in [0.4, 0.5) is 19.0 Å². The van der Waals surface area contributed by atoms with E-state index in [4.69, 9.17) is 4.74 Å². The number of halogens is 3. The van der Waals surface area contributed by atoms with Gasteiger partial charge >= 0.3 is 0 Å². The van der Waals surface area contributed by atoms with Crippen LogP contribution in [-0.4, -0.2) is 54.5 Å². The Bertz CT molecular complexity index is 941. The molecule has 0 bridgehead atoms. The monoisotopic (exact) mass is 446 g/mol. The quantitative estimate of drug-likeness (QED) is 0.662. The van der Waals surface area contributed by atoms with Crippen LogP contribution in [0.2, 0.25) is 0 Å². The van der Waals surface area contributed by atoms with Crippen molar-refractivity contribution in [3.63, 3.8) is 0 Å². The van der Waals surface area contributed by atoms with E-state index in [2.05, 4.69) is 20.4 Å². The van der Waals surface area contributed by atoms with Gasteiger partial charge in [0.25, 0.3) is 0 Å². The first kappa shape index (κ1) is 21.6. The summed E-state index contributed by atoms with van der Waals surface area (Å²) < 4.78 is 46.3. The molecule has 3 heterocycles. The third kappa shape index (κ3) is 4.62. The lowest BCUT2D eigenvalue weighted by molar-refractivity contribution is 0.0449. The second-order valence-corrected chi connectivity index (χ2v) is 9.55. The van der Waals surface area contributed by atoms with Crippen LogP contribution in [0.15, 0.2) is 24.3 Å². The Morgan fingerprint density at radius 2 is 1.84 bits per heavy atom. The summed E-state index contributed by atoms with van der Waals surface area (Å²) in [5, 5.41) is 11.4. The molecule has 1 N–H and O–H groups in total. The van der Waals surface area contributed by atoms with Gasteiger partial charge < -0.3 is 15.0 Å². The van der Waals surface area contributed by atoms with Gasteiger partial charge in [0.15, 0.2) is 11.6 Å². The van der Waals surface area contributed by atoms with Crippen molar-refractivity contribution in [2.75, 3.05) is 44.7 Å². The fourth-order valence-electron chi connectivity index (χ4n) is 5.35. The molecule has 32 heavy (non-hydrogen) atoms. The first-order chi connectivity index (χ1) is 15.5. The Kier molecular flexibility index (Phi) is 6.07. The van der Waals surface area contributed by atoms with Crippen LogP contribution in [0, 0.1) is 34.7 Å². The molecular weight excluding hydrogens is 417 g/mol. The maximum Gasteiger partial charge on any atom is 0.168 e. The first-order valence-electron chi connectivity index (χ1n) is 11.5. The molecule has 1 aromatic carbocycles. The van der Waals surface area contributed by atoms with E-state index in [1.165, 1.54) is 57.8 Å². The Hall–Kier alpha value is -2.19. The molecule has 1 aromatic heterocycles. The van der Waals surface area contributed by atoms with Gasteiger partial charge in [-0.15, -0.1) is 10.2 Å². The van der Waals surface area contributed by atoms with Crippen molar-refractivity contribution in [2.24, 2.45) is 17.3 Å². The number of nitrogens with zero attached hydrogens (tertiary/aromatic N) is 3. The average molecular weight is 447 g/mol. The smallest absolute Gasteiger partial charge is 0.168 e. The van der Waals surface area contributed by atoms with Crippen molar-refractivity contribution >= 4 is 5.82 Å². The van der Waals surface area contributed by atoms with Crippen molar-refractivity contribution in [1.82, 2.24) is 15.1 Å². The maximum absolute atomic E-state index is 14.0. The van der Waals surface area contributed by atoms with E-state index < -0.39 is 17.5 Å². The molecule has 5 rings (SSSR count). The lowest BCUT2D eigenvalue weighted by Crippen LogP contribution is -2.39. The SMILES string of the molecule is Fc1cc(F)c(F)c(-c2ccc(NC[C@@H]3CC34CCN(CC3CCOCC3)CC4)nn2)c1. The van der Waals surface area contributed by atoms with Crippen LogP contribution in [0.5, 0.6) is 0 Å². The lowest BCUT2D eigenvalue weighted by atomic mass is 9.89. The fourth-order valence-corrected chi connectivity index (χ4v) is 5.35. The van der Waals surface area contributed by atoms with Crippen molar-refractivity contribution in [2.45, 2.75) is 32.1 Å². The zero-order valence-corrected chi connectivity index (χ0v) is 18.1. The standard InChI is InChI=1S/C24H29F3N4O/c25-18-11-19(23(27)20(26)12-18)21-1-2-22(30-29-21)28-14-17-13-24(17)5-7-31(8-6-24)15-16-3-9-32-10-4-16/h1-2,11-12,16-17H,3-10,13-15H2,(H,28,30)/t17-/m0/s1. The average Bonchev–Trinajstić information content (AvgIpc) is 3.49. The van der Waals surface area contributed by atoms with Crippen molar-refractivity contribution < 1.29 is 17.9 Å². The molecule has 0 amide bonds. The van der Waals surface area contributed by atoms with E-state index in [1.54, 1.807) is 6.07 Å². The normalized spacial score (nSPS) is 23.4. The zero-order valence-electron chi connectivity index (χ0n) is 18.1. The van der Waals surface area contributed by atoms with Crippen LogP contribution in [0.25, 0.3) is 11.3 Å².